The lowest BCUT2D eigenvalue weighted by molar-refractivity contribution is 0.0696. The van der Waals surface area contributed by atoms with Crippen molar-refractivity contribution >= 4 is 34.6 Å². The van der Waals surface area contributed by atoms with Crippen molar-refractivity contribution < 1.29 is 19.1 Å². The van der Waals surface area contributed by atoms with Crippen LogP contribution in [0.3, 0.4) is 0 Å². The minimum absolute atomic E-state index is 0.0231. The fourth-order valence-corrected chi connectivity index (χ4v) is 6.56. The van der Waals surface area contributed by atoms with Crippen LogP contribution in [0.25, 0.3) is 0 Å². The van der Waals surface area contributed by atoms with Crippen LogP contribution in [0.2, 0.25) is 0 Å². The van der Waals surface area contributed by atoms with Gasteiger partial charge in [-0.05, 0) is 72.5 Å². The predicted octanol–water partition coefficient (Wildman–Crippen LogP) is 5.61. The van der Waals surface area contributed by atoms with Gasteiger partial charge in [0.15, 0.2) is 5.17 Å². The SMILES string of the molecule is O=C(O)c1ccc(SC2=NC=C(CN3CCC(N4C(=O)N(c5ccc(F)cc5)C[C@H]4c4ccccc4)CC3)CN2)cc1. The van der Waals surface area contributed by atoms with Gasteiger partial charge in [-0.2, -0.15) is 0 Å². The van der Waals surface area contributed by atoms with Crippen molar-refractivity contribution in [3.63, 3.8) is 0 Å². The summed E-state index contributed by atoms with van der Waals surface area (Å²) in [4.78, 5) is 36.6. The van der Waals surface area contributed by atoms with E-state index in [9.17, 15) is 14.0 Å². The Balaban J connectivity index is 1.08. The van der Waals surface area contributed by atoms with E-state index in [2.05, 4.69) is 27.3 Å². The van der Waals surface area contributed by atoms with Crippen LogP contribution in [0.5, 0.6) is 0 Å². The zero-order chi connectivity index (χ0) is 29.1. The molecule has 0 unspecified atom stereocenters. The van der Waals surface area contributed by atoms with E-state index in [1.807, 2.05) is 29.3 Å². The van der Waals surface area contributed by atoms with Gasteiger partial charge in [0.1, 0.15) is 5.82 Å². The summed E-state index contributed by atoms with van der Waals surface area (Å²) in [5.74, 6) is -1.25. The fourth-order valence-electron chi connectivity index (χ4n) is 5.81. The number of carboxylic acids is 1. The molecule has 3 aliphatic heterocycles. The largest absolute Gasteiger partial charge is 0.478 e. The molecule has 2 fully saturated rings. The first-order valence-corrected chi connectivity index (χ1v) is 14.9. The molecule has 3 heterocycles. The maximum atomic E-state index is 13.8. The second kappa shape index (κ2) is 12.4. The third-order valence-corrected chi connectivity index (χ3v) is 8.94. The van der Waals surface area contributed by atoms with Gasteiger partial charge in [0.2, 0.25) is 0 Å². The monoisotopic (exact) mass is 585 g/mol. The summed E-state index contributed by atoms with van der Waals surface area (Å²) in [6.07, 6.45) is 3.68. The Morgan fingerprint density at radius 2 is 1.71 bits per heavy atom. The number of aliphatic imine (C=N–C) groups is 1. The van der Waals surface area contributed by atoms with E-state index in [0.717, 1.165) is 53.8 Å². The molecule has 10 heteroatoms. The molecule has 1 atom stereocenters. The molecule has 6 rings (SSSR count). The number of carboxylic acid groups (broad SMARTS) is 1. The maximum absolute atomic E-state index is 13.8. The Morgan fingerprint density at radius 3 is 2.36 bits per heavy atom. The van der Waals surface area contributed by atoms with Crippen LogP contribution in [-0.2, 0) is 0 Å². The number of hydrogen-bond acceptors (Lipinski definition) is 6. The Labute approximate surface area is 248 Å². The normalized spacial score (nSPS) is 19.8. The van der Waals surface area contributed by atoms with Crippen molar-refractivity contribution in [2.45, 2.75) is 29.8 Å². The Kier molecular flexibility index (Phi) is 8.25. The number of aromatic carboxylic acids is 1. The third-order valence-electron chi connectivity index (χ3n) is 7.99. The number of piperidine rings is 1. The van der Waals surface area contributed by atoms with E-state index in [4.69, 9.17) is 5.11 Å². The van der Waals surface area contributed by atoms with E-state index in [1.54, 1.807) is 41.3 Å². The Morgan fingerprint density at radius 1 is 1.00 bits per heavy atom. The van der Waals surface area contributed by atoms with Crippen LogP contribution in [-0.4, -0.2) is 70.8 Å². The number of nitrogens with one attached hydrogen (secondary N) is 1. The number of amidine groups is 1. The molecule has 216 valence electrons. The number of nitrogens with zero attached hydrogens (tertiary/aromatic N) is 4. The zero-order valence-electron chi connectivity index (χ0n) is 23.0. The predicted molar refractivity (Wildman–Crippen MR) is 162 cm³/mol. The minimum Gasteiger partial charge on any atom is -0.478 e. The van der Waals surface area contributed by atoms with Crippen molar-refractivity contribution in [2.75, 3.05) is 37.6 Å². The molecule has 3 aromatic carbocycles. The number of thioether (sulfide) groups is 1. The first kappa shape index (κ1) is 28.0. The van der Waals surface area contributed by atoms with E-state index < -0.39 is 5.97 Å². The van der Waals surface area contributed by atoms with Gasteiger partial charge in [-0.1, -0.05) is 42.1 Å². The number of amides is 2. The van der Waals surface area contributed by atoms with Gasteiger partial charge in [-0.15, -0.1) is 0 Å². The zero-order valence-corrected chi connectivity index (χ0v) is 23.8. The Bertz CT molecular complexity index is 1490. The van der Waals surface area contributed by atoms with Crippen LogP contribution >= 0.6 is 11.8 Å². The van der Waals surface area contributed by atoms with E-state index in [0.29, 0.717) is 13.1 Å². The van der Waals surface area contributed by atoms with Gasteiger partial charge in [0.25, 0.3) is 0 Å². The summed E-state index contributed by atoms with van der Waals surface area (Å²) in [6.45, 7) is 3.81. The molecule has 0 saturated carbocycles. The molecule has 0 aromatic heterocycles. The van der Waals surface area contributed by atoms with Crippen molar-refractivity contribution in [2.24, 2.45) is 4.99 Å². The van der Waals surface area contributed by atoms with Crippen molar-refractivity contribution in [3.8, 4) is 0 Å². The van der Waals surface area contributed by atoms with Gasteiger partial charge < -0.3 is 15.3 Å². The van der Waals surface area contributed by atoms with Crippen molar-refractivity contribution in [1.29, 1.82) is 0 Å². The van der Waals surface area contributed by atoms with E-state index in [-0.39, 0.29) is 29.5 Å². The summed E-state index contributed by atoms with van der Waals surface area (Å²) < 4.78 is 13.6. The third kappa shape index (κ3) is 6.19. The summed E-state index contributed by atoms with van der Waals surface area (Å²) in [7, 11) is 0. The lowest BCUT2D eigenvalue weighted by Crippen LogP contribution is -2.48. The number of benzene rings is 3. The maximum Gasteiger partial charge on any atom is 0.335 e. The second-order valence-corrected chi connectivity index (χ2v) is 11.8. The molecule has 0 spiro atoms. The van der Waals surface area contributed by atoms with Gasteiger partial charge in [0.05, 0.1) is 18.2 Å². The minimum atomic E-state index is -0.939. The second-order valence-electron chi connectivity index (χ2n) is 10.7. The van der Waals surface area contributed by atoms with Crippen LogP contribution in [0.1, 0.15) is 34.8 Å². The highest BCUT2D eigenvalue weighted by Crippen LogP contribution is 2.37. The van der Waals surface area contributed by atoms with Gasteiger partial charge in [0, 0.05) is 49.0 Å². The molecule has 42 heavy (non-hydrogen) atoms. The van der Waals surface area contributed by atoms with Gasteiger partial charge in [-0.25, -0.2) is 19.0 Å². The highest BCUT2D eigenvalue weighted by molar-refractivity contribution is 8.13. The number of carbonyl (C=O) groups is 2. The number of carbonyl (C=O) groups excluding carboxylic acids is 1. The molecular formula is C32H32FN5O3S. The smallest absolute Gasteiger partial charge is 0.335 e. The first-order chi connectivity index (χ1) is 20.4. The van der Waals surface area contributed by atoms with E-state index >= 15 is 0 Å². The van der Waals surface area contributed by atoms with E-state index in [1.165, 1.54) is 29.5 Å². The van der Waals surface area contributed by atoms with Crippen LogP contribution in [0, 0.1) is 5.82 Å². The highest BCUT2D eigenvalue weighted by atomic mass is 32.2. The lowest BCUT2D eigenvalue weighted by Gasteiger charge is -2.39. The molecule has 3 aliphatic rings. The summed E-state index contributed by atoms with van der Waals surface area (Å²) in [5.41, 5.74) is 3.29. The summed E-state index contributed by atoms with van der Waals surface area (Å²) in [6, 6.07) is 23.1. The Hall–Kier alpha value is -4.15. The lowest BCUT2D eigenvalue weighted by atomic mass is 9.99. The molecule has 0 aliphatic carbocycles. The van der Waals surface area contributed by atoms with Crippen molar-refractivity contribution in [1.82, 2.24) is 15.1 Å². The highest BCUT2D eigenvalue weighted by Gasteiger charge is 2.43. The topological polar surface area (TPSA) is 88.5 Å². The molecule has 2 N–H and O–H groups in total. The summed E-state index contributed by atoms with van der Waals surface area (Å²) in [5, 5.41) is 13.2. The molecule has 3 aromatic rings. The van der Waals surface area contributed by atoms with Crippen LogP contribution in [0.15, 0.2) is 101 Å². The number of likely N-dealkylation sites (tertiary alicyclic amines) is 1. The fraction of sp³-hybridized carbons (Fsp3) is 0.281. The van der Waals surface area contributed by atoms with Crippen molar-refractivity contribution in [3.05, 3.63) is 108 Å². The number of rotatable bonds is 7. The average Bonchev–Trinajstić information content (AvgIpc) is 3.36. The van der Waals surface area contributed by atoms with Crippen LogP contribution in [0.4, 0.5) is 14.9 Å². The number of anilines is 1. The van der Waals surface area contributed by atoms with Gasteiger partial charge in [-0.3, -0.25) is 9.80 Å². The quantitative estimate of drug-likeness (QED) is 0.375. The number of urea groups is 1. The molecular weight excluding hydrogens is 553 g/mol. The molecule has 2 amide bonds. The molecule has 2 saturated heterocycles. The molecule has 0 bridgehead atoms. The van der Waals surface area contributed by atoms with Crippen LogP contribution < -0.4 is 10.2 Å². The number of hydrogen-bond donors (Lipinski definition) is 2. The average molecular weight is 586 g/mol. The summed E-state index contributed by atoms with van der Waals surface area (Å²) >= 11 is 1.47. The number of halogens is 1. The van der Waals surface area contributed by atoms with Gasteiger partial charge >= 0.3 is 12.0 Å². The first-order valence-electron chi connectivity index (χ1n) is 14.1. The molecule has 0 radical (unpaired) electrons. The standard InChI is InChI=1S/C32H32FN5O3S/c33-25-8-10-26(11-9-25)37-21-29(23-4-2-1-3-5-23)38(32(37)41)27-14-16-36(17-15-27)20-22-18-34-31(35-19-22)42-28-12-6-24(7-13-28)30(39)40/h1-13,18,27,29H,14-17,19-21H2,(H,34,35)(H,39,40)/t29-/m0/s1. The molecule has 8 nitrogen and oxygen atoms in total.